The van der Waals surface area contributed by atoms with Crippen molar-refractivity contribution in [1.82, 2.24) is 0 Å². The van der Waals surface area contributed by atoms with Crippen molar-refractivity contribution in [2.24, 2.45) is 0 Å². The molecule has 0 atom stereocenters. The fourth-order valence-electron chi connectivity index (χ4n) is 10.4. The number of hydrogen-bond donors (Lipinski definition) is 0. The summed E-state index contributed by atoms with van der Waals surface area (Å²) in [6.45, 7) is 35.9. The number of halogens is 2. The quantitative estimate of drug-likeness (QED) is 0.0405. The average molecular weight is 1280 g/mol. The van der Waals surface area contributed by atoms with Gasteiger partial charge < -0.3 is 24.8 Å². The van der Waals surface area contributed by atoms with Gasteiger partial charge in [-0.15, -0.1) is 136 Å². The van der Waals surface area contributed by atoms with Crippen LogP contribution in [0.2, 0.25) is 26.2 Å². The minimum atomic E-state index is 0. The van der Waals surface area contributed by atoms with Gasteiger partial charge in [0, 0.05) is 0 Å². The second kappa shape index (κ2) is 41.2. The normalized spacial score (nSPS) is 10.5. The fraction of sp³-hybridized carbons (Fsp3) is 0.500. The van der Waals surface area contributed by atoms with Crippen molar-refractivity contribution in [1.29, 1.82) is 0 Å². The number of unbranched alkanes of at least 4 members (excludes halogenated alkanes) is 12. The van der Waals surface area contributed by atoms with E-state index >= 15 is 0 Å². The van der Waals surface area contributed by atoms with Crippen LogP contribution in [0.3, 0.4) is 0 Å². The van der Waals surface area contributed by atoms with Crippen molar-refractivity contribution in [2.75, 3.05) is 0 Å². The van der Waals surface area contributed by atoms with Gasteiger partial charge in [-0.05, 0) is 25.7 Å². The van der Waals surface area contributed by atoms with Gasteiger partial charge in [-0.2, -0.15) is 24.3 Å². The van der Waals surface area contributed by atoms with Crippen LogP contribution in [-0.4, -0.2) is 10.9 Å². The zero-order valence-electron chi connectivity index (χ0n) is 52.1. The molecule has 8 rings (SSSR count). The number of aryl methyl sites for hydroxylation is 12. The summed E-state index contributed by atoms with van der Waals surface area (Å²) < 4.78 is 0. The number of fused-ring (bicyclic) bond motifs is 4. The molecule has 0 bridgehead atoms. The van der Waals surface area contributed by atoms with Crippen molar-refractivity contribution < 1.29 is 71.5 Å². The van der Waals surface area contributed by atoms with Gasteiger partial charge in [-0.25, -0.2) is 0 Å². The molecule has 6 heteroatoms. The van der Waals surface area contributed by atoms with Gasteiger partial charge in [-0.1, -0.05) is 232 Å². The van der Waals surface area contributed by atoms with E-state index in [2.05, 4.69) is 206 Å². The van der Waals surface area contributed by atoms with Gasteiger partial charge in [0.2, 0.25) is 0 Å². The summed E-state index contributed by atoms with van der Waals surface area (Å²) in [5, 5.41) is 11.8. The molecule has 0 N–H and O–H groups in total. The minimum Gasteiger partial charge on any atom is -1.00 e. The van der Waals surface area contributed by atoms with Gasteiger partial charge in [0.05, 0.1) is 0 Å². The van der Waals surface area contributed by atoms with Gasteiger partial charge in [0.25, 0.3) is 0 Å². The summed E-state index contributed by atoms with van der Waals surface area (Å²) >= 11 is 3.48. The Kier molecular flexibility index (Phi) is 39.1. The van der Waals surface area contributed by atoms with E-state index in [1.165, 1.54) is 238 Å². The van der Waals surface area contributed by atoms with E-state index in [-0.39, 0.29) is 35.7 Å². The Morgan fingerprint density at radius 1 is 0.308 bits per heavy atom. The maximum atomic E-state index is 2.34. The van der Waals surface area contributed by atoms with Crippen molar-refractivity contribution in [3.63, 3.8) is 0 Å². The maximum absolute atomic E-state index is 2.34. The topological polar surface area (TPSA) is 0 Å². The maximum Gasteiger partial charge on any atom is -1.00 e. The van der Waals surface area contributed by atoms with Crippen LogP contribution in [-0.2, 0) is 72.4 Å². The zero-order valence-corrected chi connectivity index (χ0v) is 60.6. The molecule has 0 amide bonds. The molecule has 0 aromatic heterocycles. The Morgan fingerprint density at radius 3 is 0.654 bits per heavy atom. The summed E-state index contributed by atoms with van der Waals surface area (Å²) in [7, 11) is 0. The van der Waals surface area contributed by atoms with E-state index in [9.17, 15) is 0 Å². The first-order valence-corrected chi connectivity index (χ1v) is 42.4. The van der Waals surface area contributed by atoms with Crippen LogP contribution in [0.4, 0.5) is 0 Å². The summed E-state index contributed by atoms with van der Waals surface area (Å²) in [5.41, 5.74) is 17.8. The third-order valence-electron chi connectivity index (χ3n) is 14.6. The zero-order chi connectivity index (χ0) is 56.2. The van der Waals surface area contributed by atoms with Gasteiger partial charge in [-0.3, -0.25) is 0 Å². The summed E-state index contributed by atoms with van der Waals surface area (Å²) in [6, 6.07) is 37.0. The molecule has 78 heavy (non-hydrogen) atoms. The minimum absolute atomic E-state index is 0. The predicted molar refractivity (Wildman–Crippen MR) is 342 cm³/mol. The Balaban J connectivity index is 0.000000492. The van der Waals surface area contributed by atoms with Crippen LogP contribution in [0.25, 0.3) is 43.1 Å². The van der Waals surface area contributed by atoms with Gasteiger partial charge in [0.15, 0.2) is 0 Å². The molecular weight excluding hydrogens is 1170 g/mol. The largest absolute Gasteiger partial charge is 1.00 e. The van der Waals surface area contributed by atoms with E-state index in [0.29, 0.717) is 0 Å². The second-order valence-corrected chi connectivity index (χ2v) is 41.6. The molecule has 0 heterocycles. The standard InChI is InChI=1S/4C17H23.2C2H6Si.2ClH.2Zr/c4*1-4-5-6-7-8-15-10-9-14(3)16-11-13(2)12-17(15)16;2*1-3-2;;;;/h4*9-12H,4-8H2,1-3H3;2*1-2H3;2*1H;;/q4*-1;;;;;2*+2/p-2. The number of benzene rings is 4. The summed E-state index contributed by atoms with van der Waals surface area (Å²) in [4.78, 5) is 0. The molecule has 8 aromatic carbocycles. The van der Waals surface area contributed by atoms with Crippen LogP contribution >= 0.6 is 0 Å². The smallest absolute Gasteiger partial charge is 1.00 e. The van der Waals surface area contributed by atoms with E-state index < -0.39 is 0 Å². The molecule has 0 nitrogen and oxygen atoms in total. The molecule has 0 saturated heterocycles. The third kappa shape index (κ3) is 26.6. The van der Waals surface area contributed by atoms with Gasteiger partial charge >= 0.3 is 83.7 Å². The molecule has 0 saturated carbocycles. The van der Waals surface area contributed by atoms with Crippen LogP contribution in [0.1, 0.15) is 197 Å². The molecule has 0 aliphatic carbocycles. The molecule has 0 spiro atoms. The second-order valence-electron chi connectivity index (χ2n) is 22.8. The monoisotopic (exact) mass is 1270 g/mol. The SMILES string of the molecule is CCCCCCc1ccc(C)c2[cH-]c(C)cc12.CCCCCCc1ccc(C)c2[cH-]c(C)cc12.CCCCCCc1ccc(C)c2[cH-]c(C)cc12.CCCCCCc1ccc(C)c2[cH-]c(C)cc12.C[Si](C)=[Zr+2].C[Si](C)=[Zr+2].[Cl-].[Cl-]. The van der Waals surface area contributed by atoms with Crippen molar-refractivity contribution >= 4 is 54.0 Å². The average Bonchev–Trinajstić information content (AvgIpc) is 4.18. The molecule has 0 aliphatic rings. The Morgan fingerprint density at radius 2 is 0.487 bits per heavy atom. The fourth-order valence-corrected chi connectivity index (χ4v) is 10.4. The molecule has 424 valence electrons. The van der Waals surface area contributed by atoms with Crippen LogP contribution in [0.15, 0.2) is 97.1 Å². The number of rotatable bonds is 20. The Bertz CT molecular complexity index is 2560. The van der Waals surface area contributed by atoms with Crippen LogP contribution < -0.4 is 24.8 Å². The first-order chi connectivity index (χ1) is 36.3. The van der Waals surface area contributed by atoms with Crippen molar-refractivity contribution in [3.05, 3.63) is 164 Å². The Labute approximate surface area is 521 Å². The molecule has 0 aliphatic heterocycles. The van der Waals surface area contributed by atoms with Crippen molar-refractivity contribution in [2.45, 2.75) is 238 Å². The molecular formula is C72H104Cl2Si2Zr2-2. The van der Waals surface area contributed by atoms with Crippen LogP contribution in [0, 0.1) is 55.4 Å². The molecule has 8 aromatic rings. The first kappa shape index (κ1) is 74.1. The summed E-state index contributed by atoms with van der Waals surface area (Å²) in [5.74, 6) is 0. The van der Waals surface area contributed by atoms with Gasteiger partial charge in [0.1, 0.15) is 0 Å². The Hall–Kier alpha value is -1.90. The summed E-state index contributed by atoms with van der Waals surface area (Å²) in [6.07, 6.45) is 26.5. The van der Waals surface area contributed by atoms with E-state index in [4.69, 9.17) is 0 Å². The molecule has 0 unspecified atom stereocenters. The first-order valence-electron chi connectivity index (χ1n) is 30.0. The molecule has 0 fully saturated rings. The third-order valence-corrected chi connectivity index (χ3v) is 14.6. The predicted octanol–water partition coefficient (Wildman–Crippen LogP) is 16.8. The van der Waals surface area contributed by atoms with E-state index in [1.54, 1.807) is 46.7 Å². The molecule has 0 radical (unpaired) electrons. The van der Waals surface area contributed by atoms with E-state index in [1.807, 2.05) is 0 Å². The van der Waals surface area contributed by atoms with E-state index in [0.717, 1.165) is 0 Å². The van der Waals surface area contributed by atoms with Crippen molar-refractivity contribution in [3.8, 4) is 0 Å². The van der Waals surface area contributed by atoms with Crippen LogP contribution in [0.5, 0.6) is 0 Å². The number of hydrogen-bond acceptors (Lipinski definition) is 0.